The number of halogens is 4. The fraction of sp³-hybridized carbons (Fsp3) is 0.300. The summed E-state index contributed by atoms with van der Waals surface area (Å²) in [5.41, 5.74) is -0.104. The summed E-state index contributed by atoms with van der Waals surface area (Å²) in [6, 6.07) is 4.36. The van der Waals surface area contributed by atoms with E-state index in [2.05, 4.69) is 15.9 Å². The van der Waals surface area contributed by atoms with Crippen LogP contribution in [0.5, 0.6) is 0 Å². The van der Waals surface area contributed by atoms with Crippen LogP contribution in [0.15, 0.2) is 18.2 Å². The predicted octanol–water partition coefficient (Wildman–Crippen LogP) is 4.19. The van der Waals surface area contributed by atoms with Gasteiger partial charge in [0, 0.05) is 14.7 Å². The van der Waals surface area contributed by atoms with E-state index in [0.717, 1.165) is 3.57 Å². The summed E-state index contributed by atoms with van der Waals surface area (Å²) in [5, 5.41) is 0. The van der Waals surface area contributed by atoms with Gasteiger partial charge in [0.1, 0.15) is 0 Å². The largest absolute Gasteiger partial charge is 0.293 e. The van der Waals surface area contributed by atoms with Crippen molar-refractivity contribution < 1.29 is 13.6 Å². The number of carbonyl (C=O) groups is 1. The molecule has 1 rings (SSSR count). The van der Waals surface area contributed by atoms with Crippen molar-refractivity contribution >= 4 is 44.3 Å². The highest BCUT2D eigenvalue weighted by molar-refractivity contribution is 14.1. The Bertz CT molecular complexity index is 380. The van der Waals surface area contributed by atoms with Crippen molar-refractivity contribution in [3.8, 4) is 0 Å². The lowest BCUT2D eigenvalue weighted by Crippen LogP contribution is -2.13. The average Bonchev–Trinajstić information content (AvgIpc) is 2.15. The van der Waals surface area contributed by atoms with Crippen LogP contribution in [0.4, 0.5) is 8.78 Å². The summed E-state index contributed by atoms with van der Waals surface area (Å²) in [6.45, 7) is 1.62. The van der Waals surface area contributed by atoms with Crippen molar-refractivity contribution in [1.29, 1.82) is 0 Å². The molecule has 0 N–H and O–H groups in total. The van der Waals surface area contributed by atoms with Crippen LogP contribution in [0.2, 0.25) is 0 Å². The van der Waals surface area contributed by atoms with Crippen LogP contribution in [0, 0.1) is 3.57 Å². The third kappa shape index (κ3) is 3.21. The topological polar surface area (TPSA) is 17.1 Å². The highest BCUT2D eigenvalue weighted by Crippen LogP contribution is 2.26. The van der Waals surface area contributed by atoms with Crippen molar-refractivity contribution in [2.24, 2.45) is 0 Å². The van der Waals surface area contributed by atoms with Crippen molar-refractivity contribution in [3.05, 3.63) is 32.9 Å². The molecule has 0 fully saturated rings. The van der Waals surface area contributed by atoms with E-state index in [1.807, 2.05) is 22.6 Å². The first-order valence-corrected chi connectivity index (χ1v) is 6.18. The lowest BCUT2D eigenvalue weighted by molar-refractivity contribution is 0.0982. The summed E-state index contributed by atoms with van der Waals surface area (Å²) in [6.07, 6.45) is -2.62. The first kappa shape index (κ1) is 13.0. The van der Waals surface area contributed by atoms with Gasteiger partial charge in [-0.2, -0.15) is 0 Å². The van der Waals surface area contributed by atoms with Gasteiger partial charge in [0.25, 0.3) is 6.43 Å². The Labute approximate surface area is 109 Å². The van der Waals surface area contributed by atoms with E-state index in [0.29, 0.717) is 0 Å². The van der Waals surface area contributed by atoms with E-state index in [9.17, 15) is 13.6 Å². The Morgan fingerprint density at radius 1 is 1.47 bits per heavy atom. The molecule has 0 radical (unpaired) electrons. The van der Waals surface area contributed by atoms with Crippen LogP contribution in [0.1, 0.15) is 29.3 Å². The number of hydrogen-bond acceptors (Lipinski definition) is 1. The third-order valence-electron chi connectivity index (χ3n) is 1.88. The lowest BCUT2D eigenvalue weighted by atomic mass is 10.0. The number of carbonyl (C=O) groups excluding carboxylic acids is 1. The summed E-state index contributed by atoms with van der Waals surface area (Å²) in [7, 11) is 0. The number of benzene rings is 1. The Morgan fingerprint density at radius 3 is 2.53 bits per heavy atom. The summed E-state index contributed by atoms with van der Waals surface area (Å²) < 4.78 is 26.0. The maximum atomic E-state index is 12.6. The molecule has 0 saturated heterocycles. The summed E-state index contributed by atoms with van der Waals surface area (Å²) in [5.74, 6) is -0.316. The smallest absolute Gasteiger partial charge is 0.264 e. The zero-order valence-corrected chi connectivity index (χ0v) is 11.6. The molecule has 0 aromatic heterocycles. The average molecular weight is 389 g/mol. The number of hydrogen-bond donors (Lipinski definition) is 0. The minimum absolute atomic E-state index is 0.0984. The summed E-state index contributed by atoms with van der Waals surface area (Å²) in [4.78, 5) is 11.2. The van der Waals surface area contributed by atoms with E-state index < -0.39 is 11.3 Å². The second-order valence-corrected chi connectivity index (χ2v) is 5.63. The van der Waals surface area contributed by atoms with Crippen molar-refractivity contribution in [2.45, 2.75) is 18.2 Å². The molecular weight excluding hydrogens is 381 g/mol. The molecule has 0 aliphatic carbocycles. The predicted molar refractivity (Wildman–Crippen MR) is 66.8 cm³/mol. The van der Waals surface area contributed by atoms with Crippen LogP contribution >= 0.6 is 38.5 Å². The third-order valence-corrected chi connectivity index (χ3v) is 2.96. The van der Waals surface area contributed by atoms with E-state index in [4.69, 9.17) is 0 Å². The summed E-state index contributed by atoms with van der Waals surface area (Å²) >= 11 is 5.08. The molecule has 1 aromatic rings. The Balaban J connectivity index is 3.24. The monoisotopic (exact) mass is 388 g/mol. The van der Waals surface area contributed by atoms with E-state index in [1.165, 1.54) is 12.1 Å². The molecule has 1 nitrogen and oxygen atoms in total. The van der Waals surface area contributed by atoms with E-state index in [-0.39, 0.29) is 16.9 Å². The second kappa shape index (κ2) is 5.34. The molecule has 0 aliphatic rings. The number of rotatable bonds is 3. The van der Waals surface area contributed by atoms with Crippen LogP contribution in [0.25, 0.3) is 0 Å². The minimum atomic E-state index is -2.62. The molecule has 0 bridgehead atoms. The molecule has 0 aliphatic heterocycles. The maximum Gasteiger partial charge on any atom is 0.264 e. The molecule has 5 heteroatoms. The van der Waals surface area contributed by atoms with E-state index in [1.54, 1.807) is 13.0 Å². The van der Waals surface area contributed by atoms with Crippen LogP contribution in [0.3, 0.4) is 0 Å². The van der Waals surface area contributed by atoms with Gasteiger partial charge in [0.2, 0.25) is 0 Å². The molecule has 0 heterocycles. The quantitative estimate of drug-likeness (QED) is 0.431. The van der Waals surface area contributed by atoms with Crippen LogP contribution in [-0.2, 0) is 0 Å². The molecule has 1 unspecified atom stereocenters. The molecule has 15 heavy (non-hydrogen) atoms. The zero-order valence-electron chi connectivity index (χ0n) is 7.81. The van der Waals surface area contributed by atoms with E-state index >= 15 is 0 Å². The van der Waals surface area contributed by atoms with Crippen LogP contribution in [-0.4, -0.2) is 10.6 Å². The zero-order chi connectivity index (χ0) is 11.6. The van der Waals surface area contributed by atoms with Gasteiger partial charge in [0.15, 0.2) is 5.78 Å². The molecule has 82 valence electrons. The van der Waals surface area contributed by atoms with Crippen molar-refractivity contribution in [2.75, 3.05) is 0 Å². The Morgan fingerprint density at radius 2 is 2.07 bits per heavy atom. The fourth-order valence-corrected chi connectivity index (χ4v) is 1.88. The van der Waals surface area contributed by atoms with Gasteiger partial charge < -0.3 is 0 Å². The van der Waals surface area contributed by atoms with Gasteiger partial charge in [0.05, 0.1) is 4.83 Å². The minimum Gasteiger partial charge on any atom is -0.293 e. The Hall–Kier alpha value is -0.0400. The highest BCUT2D eigenvalue weighted by Gasteiger charge is 2.21. The number of ketones is 1. The van der Waals surface area contributed by atoms with Gasteiger partial charge in [-0.1, -0.05) is 22.0 Å². The lowest BCUT2D eigenvalue weighted by Gasteiger charge is -2.09. The van der Waals surface area contributed by atoms with Gasteiger partial charge in [-0.15, -0.1) is 0 Å². The number of Topliss-reactive ketones (excluding diaryl/α,β-unsaturated/α-hetero) is 1. The van der Waals surface area contributed by atoms with Gasteiger partial charge in [-0.3, -0.25) is 4.79 Å². The maximum absolute atomic E-state index is 12.6. The van der Waals surface area contributed by atoms with Gasteiger partial charge in [-0.25, -0.2) is 8.78 Å². The molecule has 0 spiro atoms. The normalized spacial score (nSPS) is 12.9. The SMILES string of the molecule is CC(Br)C(=O)c1cc(I)ccc1C(F)F. The van der Waals surface area contributed by atoms with Crippen molar-refractivity contribution in [1.82, 2.24) is 0 Å². The number of alkyl halides is 3. The van der Waals surface area contributed by atoms with Gasteiger partial charge in [-0.05, 0) is 41.6 Å². The fourth-order valence-electron chi connectivity index (χ4n) is 1.15. The molecular formula is C10H8BrF2IO. The molecule has 0 amide bonds. The molecule has 1 atom stereocenters. The Kier molecular flexibility index (Phi) is 4.64. The van der Waals surface area contributed by atoms with Gasteiger partial charge >= 0.3 is 0 Å². The molecule has 1 aromatic carbocycles. The first-order valence-electron chi connectivity index (χ1n) is 4.19. The van der Waals surface area contributed by atoms with Crippen molar-refractivity contribution in [3.63, 3.8) is 0 Å². The highest BCUT2D eigenvalue weighted by atomic mass is 127. The van der Waals surface area contributed by atoms with Crippen LogP contribution < -0.4 is 0 Å². The second-order valence-electron chi connectivity index (χ2n) is 3.01. The first-order chi connectivity index (χ1) is 6.93. The standard InChI is InChI=1S/C10H8BrF2IO/c1-5(11)9(15)8-4-6(14)2-3-7(8)10(12)13/h2-5,10H,1H3. The molecule has 0 saturated carbocycles.